The third kappa shape index (κ3) is 4.41. The summed E-state index contributed by atoms with van der Waals surface area (Å²) < 4.78 is 13.5. The van der Waals surface area contributed by atoms with Gasteiger partial charge in [0.2, 0.25) is 5.91 Å². The number of hydrogen-bond donors (Lipinski definition) is 2. The molecule has 21 heavy (non-hydrogen) atoms. The lowest BCUT2D eigenvalue weighted by molar-refractivity contribution is -0.116. The lowest BCUT2D eigenvalue weighted by atomic mass is 10.2. The zero-order valence-corrected chi connectivity index (χ0v) is 12.6. The Labute approximate surface area is 124 Å². The molecular formula is C15H23FN4O. The van der Waals surface area contributed by atoms with E-state index in [4.69, 9.17) is 5.73 Å². The number of carbonyl (C=O) groups is 1. The molecule has 0 saturated carbocycles. The van der Waals surface area contributed by atoms with Gasteiger partial charge >= 0.3 is 0 Å². The molecule has 1 amide bonds. The molecule has 1 heterocycles. The number of nitrogens with one attached hydrogen (secondary N) is 1. The van der Waals surface area contributed by atoms with Crippen LogP contribution >= 0.6 is 0 Å². The molecule has 6 heteroatoms. The number of benzene rings is 1. The van der Waals surface area contributed by atoms with Crippen molar-refractivity contribution in [1.82, 2.24) is 9.80 Å². The molecule has 0 radical (unpaired) electrons. The normalized spacial score (nSPS) is 19.1. The number of amides is 1. The van der Waals surface area contributed by atoms with Gasteiger partial charge in [-0.3, -0.25) is 4.79 Å². The van der Waals surface area contributed by atoms with Crippen LogP contribution in [0.15, 0.2) is 18.2 Å². The van der Waals surface area contributed by atoms with Crippen molar-refractivity contribution in [3.05, 3.63) is 24.0 Å². The molecule has 0 spiro atoms. The van der Waals surface area contributed by atoms with Crippen LogP contribution in [0.2, 0.25) is 0 Å². The summed E-state index contributed by atoms with van der Waals surface area (Å²) >= 11 is 0. The maximum atomic E-state index is 13.5. The van der Waals surface area contributed by atoms with E-state index >= 15 is 0 Å². The molecule has 0 aliphatic carbocycles. The van der Waals surface area contributed by atoms with Crippen LogP contribution in [0.25, 0.3) is 0 Å². The number of halogens is 1. The highest BCUT2D eigenvalue weighted by Gasteiger charge is 2.23. The van der Waals surface area contributed by atoms with Gasteiger partial charge in [0.25, 0.3) is 0 Å². The number of rotatable bonds is 5. The van der Waals surface area contributed by atoms with Gasteiger partial charge in [-0.05, 0) is 45.3 Å². The summed E-state index contributed by atoms with van der Waals surface area (Å²) in [5.74, 6) is -0.654. The van der Waals surface area contributed by atoms with Crippen molar-refractivity contribution < 1.29 is 9.18 Å². The van der Waals surface area contributed by atoms with Crippen molar-refractivity contribution in [1.29, 1.82) is 0 Å². The molecule has 116 valence electrons. The van der Waals surface area contributed by atoms with Gasteiger partial charge in [-0.2, -0.15) is 0 Å². The molecule has 1 aromatic carbocycles. The van der Waals surface area contributed by atoms with Crippen molar-refractivity contribution in [2.45, 2.75) is 18.9 Å². The minimum Gasteiger partial charge on any atom is -0.399 e. The summed E-state index contributed by atoms with van der Waals surface area (Å²) in [5.41, 5.74) is 6.17. The van der Waals surface area contributed by atoms with Crippen LogP contribution in [-0.2, 0) is 4.79 Å². The smallest absolute Gasteiger partial charge is 0.225 e. The molecule has 1 saturated heterocycles. The SMILES string of the molecule is CN(C)[C@@H]1CCN(CCC(=O)Nc2cc(N)ccc2F)C1. The molecule has 0 bridgehead atoms. The van der Waals surface area contributed by atoms with Crippen LogP contribution < -0.4 is 11.1 Å². The Morgan fingerprint density at radius 2 is 2.29 bits per heavy atom. The highest BCUT2D eigenvalue weighted by molar-refractivity contribution is 5.91. The van der Waals surface area contributed by atoms with E-state index in [-0.39, 0.29) is 11.6 Å². The van der Waals surface area contributed by atoms with E-state index in [0.717, 1.165) is 19.5 Å². The number of anilines is 2. The highest BCUT2D eigenvalue weighted by atomic mass is 19.1. The Morgan fingerprint density at radius 3 is 2.95 bits per heavy atom. The number of likely N-dealkylation sites (tertiary alicyclic amines) is 1. The summed E-state index contributed by atoms with van der Waals surface area (Å²) in [7, 11) is 4.15. The van der Waals surface area contributed by atoms with Crippen LogP contribution in [0.5, 0.6) is 0 Å². The van der Waals surface area contributed by atoms with E-state index in [0.29, 0.717) is 24.7 Å². The third-order valence-corrected chi connectivity index (χ3v) is 3.90. The van der Waals surface area contributed by atoms with Crippen molar-refractivity contribution in [3.8, 4) is 0 Å². The summed E-state index contributed by atoms with van der Waals surface area (Å²) in [6.07, 6.45) is 1.48. The average Bonchev–Trinajstić information content (AvgIpc) is 2.90. The van der Waals surface area contributed by atoms with Crippen molar-refractivity contribution >= 4 is 17.3 Å². The maximum Gasteiger partial charge on any atom is 0.225 e. The van der Waals surface area contributed by atoms with Gasteiger partial charge in [0.15, 0.2) is 0 Å². The zero-order valence-electron chi connectivity index (χ0n) is 12.6. The van der Waals surface area contributed by atoms with Gasteiger partial charge in [0, 0.05) is 31.2 Å². The van der Waals surface area contributed by atoms with Gasteiger partial charge in [-0.25, -0.2) is 4.39 Å². The quantitative estimate of drug-likeness (QED) is 0.805. The first-order chi connectivity index (χ1) is 9.95. The van der Waals surface area contributed by atoms with Gasteiger partial charge < -0.3 is 20.9 Å². The van der Waals surface area contributed by atoms with Crippen LogP contribution in [0.1, 0.15) is 12.8 Å². The number of hydrogen-bond acceptors (Lipinski definition) is 4. The first-order valence-electron chi connectivity index (χ1n) is 7.19. The van der Waals surface area contributed by atoms with Crippen molar-refractivity contribution in [2.24, 2.45) is 0 Å². The fraction of sp³-hybridized carbons (Fsp3) is 0.533. The molecule has 1 aliphatic heterocycles. The number of nitrogens with zero attached hydrogens (tertiary/aromatic N) is 2. The molecule has 5 nitrogen and oxygen atoms in total. The molecule has 3 N–H and O–H groups in total. The Morgan fingerprint density at radius 1 is 1.52 bits per heavy atom. The van der Waals surface area contributed by atoms with Crippen LogP contribution in [0, 0.1) is 5.82 Å². The van der Waals surface area contributed by atoms with E-state index < -0.39 is 5.82 Å². The molecule has 1 aliphatic rings. The molecule has 1 fully saturated rings. The lowest BCUT2D eigenvalue weighted by Gasteiger charge is -2.20. The second-order valence-corrected chi connectivity index (χ2v) is 5.74. The highest BCUT2D eigenvalue weighted by Crippen LogP contribution is 2.18. The van der Waals surface area contributed by atoms with E-state index in [1.54, 1.807) is 0 Å². The fourth-order valence-corrected chi connectivity index (χ4v) is 2.55. The number of nitrogen functional groups attached to an aromatic ring is 1. The maximum absolute atomic E-state index is 13.5. The molecule has 0 aromatic heterocycles. The van der Waals surface area contributed by atoms with Crippen LogP contribution in [-0.4, -0.2) is 55.5 Å². The summed E-state index contributed by atoms with van der Waals surface area (Å²) in [6, 6.07) is 4.72. The zero-order chi connectivity index (χ0) is 15.4. The molecule has 2 rings (SSSR count). The minimum absolute atomic E-state index is 0.146. The summed E-state index contributed by atoms with van der Waals surface area (Å²) in [6.45, 7) is 2.68. The predicted octanol–water partition coefficient (Wildman–Crippen LogP) is 1.37. The Kier molecular flexibility index (Phi) is 5.14. The van der Waals surface area contributed by atoms with Gasteiger partial charge in [-0.1, -0.05) is 0 Å². The first kappa shape index (κ1) is 15.7. The van der Waals surface area contributed by atoms with Gasteiger partial charge in [-0.15, -0.1) is 0 Å². The topological polar surface area (TPSA) is 61.6 Å². The average molecular weight is 294 g/mol. The minimum atomic E-state index is -0.466. The van der Waals surface area contributed by atoms with E-state index in [1.807, 2.05) is 0 Å². The monoisotopic (exact) mass is 294 g/mol. The molecule has 0 unspecified atom stereocenters. The van der Waals surface area contributed by atoms with E-state index in [2.05, 4.69) is 29.2 Å². The van der Waals surface area contributed by atoms with Crippen molar-refractivity contribution in [2.75, 3.05) is 44.8 Å². The number of carbonyl (C=O) groups excluding carboxylic acids is 1. The summed E-state index contributed by atoms with van der Waals surface area (Å²) in [4.78, 5) is 16.4. The molecule has 1 aromatic rings. The van der Waals surface area contributed by atoms with Gasteiger partial charge in [0.1, 0.15) is 5.82 Å². The van der Waals surface area contributed by atoms with Crippen LogP contribution in [0.3, 0.4) is 0 Å². The van der Waals surface area contributed by atoms with Crippen LogP contribution in [0.4, 0.5) is 15.8 Å². The third-order valence-electron chi connectivity index (χ3n) is 3.90. The molecule has 1 atom stereocenters. The fourth-order valence-electron chi connectivity index (χ4n) is 2.55. The number of nitrogens with two attached hydrogens (primary N) is 1. The van der Waals surface area contributed by atoms with E-state index in [1.165, 1.54) is 18.2 Å². The number of likely N-dealkylation sites (N-methyl/N-ethyl adjacent to an activating group) is 1. The standard InChI is InChI=1S/C15H23FN4O/c1-19(2)12-5-7-20(10-12)8-6-15(21)18-14-9-11(17)3-4-13(14)16/h3-4,9,12H,5-8,10,17H2,1-2H3,(H,18,21)/t12-/m1/s1. The Balaban J connectivity index is 1.79. The lowest BCUT2D eigenvalue weighted by Crippen LogP contribution is -2.32. The second-order valence-electron chi connectivity index (χ2n) is 5.74. The van der Waals surface area contributed by atoms with Crippen molar-refractivity contribution in [3.63, 3.8) is 0 Å². The summed E-state index contributed by atoms with van der Waals surface area (Å²) in [5, 5.41) is 2.58. The van der Waals surface area contributed by atoms with E-state index in [9.17, 15) is 9.18 Å². The predicted molar refractivity (Wildman–Crippen MR) is 82.6 cm³/mol. The van der Waals surface area contributed by atoms with Gasteiger partial charge in [0.05, 0.1) is 5.69 Å². The Bertz CT molecular complexity index is 506. The Hall–Kier alpha value is -1.66. The second kappa shape index (κ2) is 6.87. The largest absolute Gasteiger partial charge is 0.399 e. The first-order valence-corrected chi connectivity index (χ1v) is 7.19. The molecular weight excluding hydrogens is 271 g/mol.